The molecule has 0 bridgehead atoms. The minimum Gasteiger partial charge on any atom is -0.258 e. The third-order valence-corrected chi connectivity index (χ3v) is 5.37. The molecule has 150 valence electrons. The van der Waals surface area contributed by atoms with E-state index < -0.39 is 0 Å². The summed E-state index contributed by atoms with van der Waals surface area (Å²) >= 11 is 0. The van der Waals surface area contributed by atoms with Crippen LogP contribution >= 0.6 is 0 Å². The van der Waals surface area contributed by atoms with E-state index in [1.165, 1.54) is 12.1 Å². The van der Waals surface area contributed by atoms with Gasteiger partial charge < -0.3 is 0 Å². The Kier molecular flexibility index (Phi) is 4.56. The number of fused-ring (bicyclic) bond motifs is 1. The van der Waals surface area contributed by atoms with Crippen LogP contribution in [0.5, 0.6) is 0 Å². The highest BCUT2D eigenvalue weighted by Crippen LogP contribution is 2.35. The van der Waals surface area contributed by atoms with Crippen molar-refractivity contribution in [2.24, 2.45) is 0 Å². The van der Waals surface area contributed by atoms with Crippen molar-refractivity contribution in [3.8, 4) is 33.6 Å². The van der Waals surface area contributed by atoms with Crippen molar-refractivity contribution in [3.05, 3.63) is 113 Å². The summed E-state index contributed by atoms with van der Waals surface area (Å²) in [6.07, 6.45) is 0. The smallest absolute Gasteiger partial charge is 0.258 e. The van der Waals surface area contributed by atoms with Crippen molar-refractivity contribution in [3.63, 3.8) is 0 Å². The second kappa shape index (κ2) is 7.54. The van der Waals surface area contributed by atoms with Gasteiger partial charge in [-0.1, -0.05) is 60.2 Å². The molecule has 5 rings (SSSR count). The highest BCUT2D eigenvalue weighted by atomic mass is 16.6. The minimum atomic E-state index is -0.381. The number of benzene rings is 3. The summed E-state index contributed by atoms with van der Waals surface area (Å²) in [6.45, 7) is 2.06. The first-order valence-corrected chi connectivity index (χ1v) is 10.0. The fourth-order valence-electron chi connectivity index (χ4n) is 3.87. The van der Waals surface area contributed by atoms with E-state index in [1.54, 1.807) is 12.1 Å². The predicted molar refractivity (Wildman–Crippen MR) is 123 cm³/mol. The normalized spacial score (nSPS) is 11.0. The summed E-state index contributed by atoms with van der Waals surface area (Å²) in [4.78, 5) is 10.7. The van der Waals surface area contributed by atoms with Crippen molar-refractivity contribution in [2.45, 2.75) is 6.92 Å². The van der Waals surface area contributed by atoms with Crippen LogP contribution < -0.4 is 0 Å². The molecule has 0 radical (unpaired) electrons. The maximum Gasteiger partial charge on any atom is 0.269 e. The van der Waals surface area contributed by atoms with Crippen LogP contribution in [-0.4, -0.2) is 14.5 Å². The Labute approximate surface area is 179 Å². The fraction of sp³-hybridized carbons (Fsp3) is 0.0385. The van der Waals surface area contributed by atoms with Gasteiger partial charge in [-0.25, -0.2) is 4.52 Å². The number of pyridine rings is 1. The predicted octanol–water partition coefficient (Wildman–Crippen LogP) is 6.55. The number of nitro groups is 1. The lowest BCUT2D eigenvalue weighted by Gasteiger charge is -2.13. The summed E-state index contributed by atoms with van der Waals surface area (Å²) in [5.74, 6) is 0. The molecule has 2 heterocycles. The highest BCUT2D eigenvalue weighted by molar-refractivity contribution is 5.84. The molecule has 5 nitrogen and oxygen atoms in total. The Bertz CT molecular complexity index is 1400. The van der Waals surface area contributed by atoms with Crippen LogP contribution in [0.2, 0.25) is 0 Å². The molecule has 0 N–H and O–H groups in total. The van der Waals surface area contributed by atoms with Gasteiger partial charge in [0.05, 0.1) is 21.8 Å². The van der Waals surface area contributed by atoms with Gasteiger partial charge in [0.15, 0.2) is 0 Å². The number of rotatable bonds is 4. The van der Waals surface area contributed by atoms with Gasteiger partial charge in [0, 0.05) is 28.8 Å². The van der Waals surface area contributed by atoms with E-state index in [1.807, 2.05) is 47.0 Å². The fourth-order valence-corrected chi connectivity index (χ4v) is 3.87. The van der Waals surface area contributed by atoms with Crippen LogP contribution in [0.25, 0.3) is 39.2 Å². The third-order valence-electron chi connectivity index (χ3n) is 5.37. The molecule has 0 fully saturated rings. The summed E-state index contributed by atoms with van der Waals surface area (Å²) in [5.41, 5.74) is 8.04. The number of nitro benzene ring substituents is 1. The lowest BCUT2D eigenvalue weighted by atomic mass is 9.98. The molecule has 0 amide bonds. The zero-order chi connectivity index (χ0) is 21.4. The van der Waals surface area contributed by atoms with Crippen molar-refractivity contribution in [1.82, 2.24) is 9.61 Å². The largest absolute Gasteiger partial charge is 0.269 e. The molecule has 0 atom stereocenters. The van der Waals surface area contributed by atoms with Gasteiger partial charge in [-0.2, -0.15) is 5.10 Å². The van der Waals surface area contributed by atoms with Gasteiger partial charge in [0.1, 0.15) is 0 Å². The summed E-state index contributed by atoms with van der Waals surface area (Å²) in [5, 5.41) is 16.0. The molecule has 0 aliphatic rings. The Morgan fingerprint density at radius 2 is 1.52 bits per heavy atom. The van der Waals surface area contributed by atoms with Gasteiger partial charge in [-0.05, 0) is 42.8 Å². The Hall–Kier alpha value is -4.25. The van der Waals surface area contributed by atoms with Crippen molar-refractivity contribution in [1.29, 1.82) is 0 Å². The number of aromatic nitrogens is 2. The lowest BCUT2D eigenvalue weighted by molar-refractivity contribution is -0.384. The number of aryl methyl sites for hydroxylation is 1. The number of nitrogens with zero attached hydrogens (tertiary/aromatic N) is 3. The Morgan fingerprint density at radius 3 is 2.23 bits per heavy atom. The quantitative estimate of drug-likeness (QED) is 0.251. The average Bonchev–Trinajstić information content (AvgIpc) is 3.23. The summed E-state index contributed by atoms with van der Waals surface area (Å²) in [7, 11) is 0. The highest BCUT2D eigenvalue weighted by Gasteiger charge is 2.16. The molecule has 3 aromatic carbocycles. The summed E-state index contributed by atoms with van der Waals surface area (Å²) < 4.78 is 1.97. The second-order valence-corrected chi connectivity index (χ2v) is 7.50. The first-order valence-electron chi connectivity index (χ1n) is 10.0. The van der Waals surface area contributed by atoms with Crippen molar-refractivity contribution < 1.29 is 4.92 Å². The number of hydrogen-bond donors (Lipinski definition) is 0. The molecule has 2 aromatic heterocycles. The maximum absolute atomic E-state index is 11.1. The van der Waals surface area contributed by atoms with Crippen LogP contribution in [0, 0.1) is 17.0 Å². The molecule has 0 aliphatic heterocycles. The number of non-ortho nitro benzene ring substituents is 1. The topological polar surface area (TPSA) is 60.4 Å². The van der Waals surface area contributed by atoms with E-state index >= 15 is 0 Å². The van der Waals surface area contributed by atoms with E-state index in [2.05, 4.69) is 37.3 Å². The van der Waals surface area contributed by atoms with Gasteiger partial charge >= 0.3 is 0 Å². The zero-order valence-corrected chi connectivity index (χ0v) is 16.9. The van der Waals surface area contributed by atoms with E-state index in [0.29, 0.717) is 0 Å². The van der Waals surface area contributed by atoms with Crippen LogP contribution in [-0.2, 0) is 0 Å². The molecule has 0 saturated carbocycles. The molecule has 0 unspecified atom stereocenters. The van der Waals surface area contributed by atoms with Crippen molar-refractivity contribution >= 4 is 11.2 Å². The monoisotopic (exact) mass is 405 g/mol. The molecule has 0 aliphatic carbocycles. The Morgan fingerprint density at radius 1 is 0.774 bits per heavy atom. The van der Waals surface area contributed by atoms with Gasteiger partial charge in [0.2, 0.25) is 0 Å². The lowest BCUT2D eigenvalue weighted by Crippen LogP contribution is -1.98. The van der Waals surface area contributed by atoms with Crippen LogP contribution in [0.15, 0.2) is 97.1 Å². The van der Waals surface area contributed by atoms with Gasteiger partial charge in [0.25, 0.3) is 5.69 Å². The molecular weight excluding hydrogens is 386 g/mol. The number of hydrogen-bond acceptors (Lipinski definition) is 3. The second-order valence-electron chi connectivity index (χ2n) is 7.50. The van der Waals surface area contributed by atoms with Crippen LogP contribution in [0.1, 0.15) is 5.56 Å². The Balaban J connectivity index is 1.77. The van der Waals surface area contributed by atoms with E-state index in [0.717, 1.165) is 44.7 Å². The zero-order valence-electron chi connectivity index (χ0n) is 16.9. The molecule has 5 heteroatoms. The van der Waals surface area contributed by atoms with E-state index in [9.17, 15) is 10.1 Å². The minimum absolute atomic E-state index is 0.0763. The SMILES string of the molecule is Cc1cccc(-c2c(-c3ccc([N+](=O)[O-])cc3)ccc3cc(-c4ccccc4)nn23)c1. The van der Waals surface area contributed by atoms with Crippen molar-refractivity contribution in [2.75, 3.05) is 0 Å². The standard InChI is InChI=1S/C26H19N3O2/c1-18-6-5-9-21(16-18)26-24(19-10-12-22(13-11-19)29(30)31)15-14-23-17-25(27-28(23)26)20-7-3-2-4-8-20/h2-17H,1H3. The molecule has 31 heavy (non-hydrogen) atoms. The maximum atomic E-state index is 11.1. The third kappa shape index (κ3) is 3.46. The molecule has 5 aromatic rings. The molecule has 0 spiro atoms. The summed E-state index contributed by atoms with van der Waals surface area (Å²) in [6, 6.07) is 31.2. The van der Waals surface area contributed by atoms with E-state index in [-0.39, 0.29) is 10.6 Å². The first-order chi connectivity index (χ1) is 15.1. The van der Waals surface area contributed by atoms with Crippen LogP contribution in [0.3, 0.4) is 0 Å². The first kappa shape index (κ1) is 18.8. The average molecular weight is 405 g/mol. The van der Waals surface area contributed by atoms with Gasteiger partial charge in [-0.15, -0.1) is 0 Å². The van der Waals surface area contributed by atoms with Crippen LogP contribution in [0.4, 0.5) is 5.69 Å². The van der Waals surface area contributed by atoms with E-state index in [4.69, 9.17) is 5.10 Å². The van der Waals surface area contributed by atoms with Gasteiger partial charge in [-0.3, -0.25) is 10.1 Å². The molecule has 0 saturated heterocycles. The molecular formula is C26H19N3O2.